The average Bonchev–Trinajstić information content (AvgIpc) is 2.40. The number of nitrogens with zero attached hydrogens (tertiary/aromatic N) is 1. The maximum absolute atomic E-state index is 11.8. The largest absolute Gasteiger partial charge is 0.352 e. The van der Waals surface area contributed by atoms with Gasteiger partial charge in [0.05, 0.1) is 5.56 Å². The van der Waals surface area contributed by atoms with Crippen LogP contribution in [0.1, 0.15) is 15.9 Å². The van der Waals surface area contributed by atoms with E-state index in [0.717, 1.165) is 10.9 Å². The van der Waals surface area contributed by atoms with Crippen LogP contribution in [0.25, 0.3) is 0 Å². The number of nitrogens with one attached hydrogen (secondary N) is 1. The molecule has 1 aromatic heterocycles. The van der Waals surface area contributed by atoms with Crippen LogP contribution in [0, 0.1) is 0 Å². The van der Waals surface area contributed by atoms with Crippen LogP contribution >= 0.6 is 15.9 Å². The van der Waals surface area contributed by atoms with E-state index in [1.54, 1.807) is 18.5 Å². The third-order valence-electron chi connectivity index (χ3n) is 2.51. The molecule has 0 fully saturated rings. The summed E-state index contributed by atoms with van der Waals surface area (Å²) >= 11 is 3.29. The number of carbonyl (C=O) groups is 1. The molecule has 0 radical (unpaired) electrons. The highest BCUT2D eigenvalue weighted by Gasteiger charge is 2.05. The number of carbonyl (C=O) groups excluding carboxylic acids is 1. The second kappa shape index (κ2) is 6.31. The molecule has 4 heteroatoms. The Kier molecular flexibility index (Phi) is 4.47. The second-order valence-electron chi connectivity index (χ2n) is 3.88. The van der Waals surface area contributed by atoms with Gasteiger partial charge in [0.15, 0.2) is 0 Å². The summed E-state index contributed by atoms with van der Waals surface area (Å²) < 4.78 is 0.804. The first-order chi connectivity index (χ1) is 8.75. The van der Waals surface area contributed by atoms with Crippen molar-refractivity contribution in [2.75, 3.05) is 6.54 Å². The molecule has 0 bridgehead atoms. The molecule has 1 heterocycles. The minimum Gasteiger partial charge on any atom is -0.352 e. The van der Waals surface area contributed by atoms with Gasteiger partial charge >= 0.3 is 0 Å². The number of aromatic nitrogens is 1. The monoisotopic (exact) mass is 304 g/mol. The number of rotatable bonds is 4. The fourth-order valence-electron chi connectivity index (χ4n) is 1.60. The molecule has 2 aromatic rings. The molecule has 3 nitrogen and oxygen atoms in total. The number of halogens is 1. The van der Waals surface area contributed by atoms with Gasteiger partial charge in [-0.3, -0.25) is 9.78 Å². The van der Waals surface area contributed by atoms with E-state index in [9.17, 15) is 4.79 Å². The molecule has 0 saturated carbocycles. The lowest BCUT2D eigenvalue weighted by atomic mass is 10.1. The summed E-state index contributed by atoms with van der Waals surface area (Å²) in [6, 6.07) is 11.8. The zero-order chi connectivity index (χ0) is 12.8. The van der Waals surface area contributed by atoms with Crippen LogP contribution in [-0.2, 0) is 6.42 Å². The number of benzene rings is 1. The van der Waals surface area contributed by atoms with Gasteiger partial charge in [0.1, 0.15) is 0 Å². The van der Waals surface area contributed by atoms with Gasteiger partial charge in [-0.2, -0.15) is 0 Å². The van der Waals surface area contributed by atoms with Gasteiger partial charge in [-0.15, -0.1) is 0 Å². The van der Waals surface area contributed by atoms with Crippen LogP contribution in [0.4, 0.5) is 0 Å². The molecule has 0 aliphatic rings. The van der Waals surface area contributed by atoms with E-state index in [4.69, 9.17) is 0 Å². The van der Waals surface area contributed by atoms with E-state index in [2.05, 4.69) is 26.2 Å². The van der Waals surface area contributed by atoms with Crippen molar-refractivity contribution in [2.24, 2.45) is 0 Å². The van der Waals surface area contributed by atoms with Crippen LogP contribution in [0.3, 0.4) is 0 Å². The summed E-state index contributed by atoms with van der Waals surface area (Å²) in [7, 11) is 0. The Hall–Kier alpha value is -1.68. The standard InChI is InChI=1S/C14H13BrN2O/c15-13-8-12(9-16-10-13)14(18)17-7-6-11-4-2-1-3-5-11/h1-5,8-10H,6-7H2,(H,17,18). The first kappa shape index (κ1) is 12.8. The predicted octanol–water partition coefficient (Wildman–Crippen LogP) is 2.82. The molecule has 0 aliphatic carbocycles. The number of hydrogen-bond acceptors (Lipinski definition) is 2. The molecule has 1 aromatic carbocycles. The third-order valence-corrected chi connectivity index (χ3v) is 2.94. The van der Waals surface area contributed by atoms with Crippen molar-refractivity contribution in [1.82, 2.24) is 10.3 Å². The molecule has 0 spiro atoms. The van der Waals surface area contributed by atoms with E-state index in [1.165, 1.54) is 5.56 Å². The van der Waals surface area contributed by atoms with Crippen molar-refractivity contribution >= 4 is 21.8 Å². The average molecular weight is 305 g/mol. The highest BCUT2D eigenvalue weighted by Crippen LogP contribution is 2.09. The van der Waals surface area contributed by atoms with Crippen molar-refractivity contribution in [3.63, 3.8) is 0 Å². The van der Waals surface area contributed by atoms with Gasteiger partial charge in [0.2, 0.25) is 0 Å². The topological polar surface area (TPSA) is 42.0 Å². The fraction of sp³-hybridized carbons (Fsp3) is 0.143. The van der Waals surface area contributed by atoms with Gasteiger partial charge < -0.3 is 5.32 Å². The maximum Gasteiger partial charge on any atom is 0.252 e. The zero-order valence-electron chi connectivity index (χ0n) is 9.77. The summed E-state index contributed by atoms with van der Waals surface area (Å²) in [6.07, 6.45) is 4.04. The van der Waals surface area contributed by atoms with Crippen molar-refractivity contribution in [2.45, 2.75) is 6.42 Å². The smallest absolute Gasteiger partial charge is 0.252 e. The summed E-state index contributed by atoms with van der Waals surface area (Å²) in [4.78, 5) is 15.8. The molecular formula is C14H13BrN2O. The lowest BCUT2D eigenvalue weighted by Gasteiger charge is -2.05. The highest BCUT2D eigenvalue weighted by molar-refractivity contribution is 9.10. The van der Waals surface area contributed by atoms with E-state index >= 15 is 0 Å². The van der Waals surface area contributed by atoms with E-state index in [1.807, 2.05) is 30.3 Å². The van der Waals surface area contributed by atoms with Gasteiger partial charge in [-0.25, -0.2) is 0 Å². The molecule has 18 heavy (non-hydrogen) atoms. The van der Waals surface area contributed by atoms with Crippen LogP contribution < -0.4 is 5.32 Å². The molecule has 1 amide bonds. The molecule has 1 N–H and O–H groups in total. The quantitative estimate of drug-likeness (QED) is 0.944. The molecule has 0 unspecified atom stereocenters. The fourth-order valence-corrected chi connectivity index (χ4v) is 1.97. The first-order valence-electron chi connectivity index (χ1n) is 5.68. The van der Waals surface area contributed by atoms with Crippen LogP contribution in [0.15, 0.2) is 53.3 Å². The predicted molar refractivity (Wildman–Crippen MR) is 74.4 cm³/mol. The molecule has 92 valence electrons. The number of amides is 1. The Morgan fingerprint density at radius 3 is 2.72 bits per heavy atom. The van der Waals surface area contributed by atoms with E-state index in [0.29, 0.717) is 12.1 Å². The Labute approximate surface area is 114 Å². The Morgan fingerprint density at radius 2 is 2.00 bits per heavy atom. The lowest BCUT2D eigenvalue weighted by Crippen LogP contribution is -2.25. The van der Waals surface area contributed by atoms with Crippen LogP contribution in [0.2, 0.25) is 0 Å². The van der Waals surface area contributed by atoms with Crippen molar-refractivity contribution in [3.8, 4) is 0 Å². The van der Waals surface area contributed by atoms with Crippen molar-refractivity contribution in [1.29, 1.82) is 0 Å². The summed E-state index contributed by atoms with van der Waals surface area (Å²) in [5, 5.41) is 2.87. The van der Waals surface area contributed by atoms with Crippen LogP contribution in [-0.4, -0.2) is 17.4 Å². The van der Waals surface area contributed by atoms with Gasteiger partial charge in [-0.05, 0) is 34.0 Å². The van der Waals surface area contributed by atoms with E-state index in [-0.39, 0.29) is 5.91 Å². The van der Waals surface area contributed by atoms with E-state index < -0.39 is 0 Å². The normalized spacial score (nSPS) is 10.1. The Balaban J connectivity index is 1.86. The SMILES string of the molecule is O=C(NCCc1ccccc1)c1cncc(Br)c1. The maximum atomic E-state index is 11.8. The summed E-state index contributed by atoms with van der Waals surface area (Å²) in [6.45, 7) is 0.620. The molecule has 0 aliphatic heterocycles. The van der Waals surface area contributed by atoms with Gasteiger partial charge in [-0.1, -0.05) is 30.3 Å². The Bertz CT molecular complexity index is 528. The van der Waals surface area contributed by atoms with Gasteiger partial charge in [0.25, 0.3) is 5.91 Å². The minimum atomic E-state index is -0.0975. The highest BCUT2D eigenvalue weighted by atomic mass is 79.9. The number of hydrogen-bond donors (Lipinski definition) is 1. The lowest BCUT2D eigenvalue weighted by molar-refractivity contribution is 0.0953. The summed E-state index contributed by atoms with van der Waals surface area (Å²) in [5.41, 5.74) is 1.78. The third kappa shape index (κ3) is 3.67. The van der Waals surface area contributed by atoms with Crippen molar-refractivity contribution in [3.05, 3.63) is 64.4 Å². The van der Waals surface area contributed by atoms with Crippen LogP contribution in [0.5, 0.6) is 0 Å². The first-order valence-corrected chi connectivity index (χ1v) is 6.47. The summed E-state index contributed by atoms with van der Waals surface area (Å²) in [5.74, 6) is -0.0975. The van der Waals surface area contributed by atoms with Gasteiger partial charge in [0, 0.05) is 23.4 Å². The molecular weight excluding hydrogens is 292 g/mol. The number of pyridine rings is 1. The molecule has 0 atom stereocenters. The zero-order valence-corrected chi connectivity index (χ0v) is 11.4. The Morgan fingerprint density at radius 1 is 1.22 bits per heavy atom. The minimum absolute atomic E-state index is 0.0975. The second-order valence-corrected chi connectivity index (χ2v) is 4.80. The van der Waals surface area contributed by atoms with Crippen molar-refractivity contribution < 1.29 is 4.79 Å². The molecule has 0 saturated heterocycles. The molecule has 2 rings (SSSR count).